The van der Waals surface area contributed by atoms with Crippen LogP contribution in [0.3, 0.4) is 0 Å². The van der Waals surface area contributed by atoms with E-state index in [1.165, 1.54) is 6.07 Å². The van der Waals surface area contributed by atoms with Crippen LogP contribution in [-0.2, 0) is 13.6 Å². The van der Waals surface area contributed by atoms with E-state index in [9.17, 15) is 4.39 Å². The quantitative estimate of drug-likeness (QED) is 0.793. The summed E-state index contributed by atoms with van der Waals surface area (Å²) >= 11 is 0. The van der Waals surface area contributed by atoms with Crippen molar-refractivity contribution in [2.24, 2.45) is 7.05 Å². The van der Waals surface area contributed by atoms with Crippen LogP contribution >= 0.6 is 0 Å². The predicted molar refractivity (Wildman–Crippen MR) is 79.2 cm³/mol. The average Bonchev–Trinajstić information content (AvgIpc) is 2.81. The molecule has 0 aliphatic carbocycles. The van der Waals surface area contributed by atoms with Crippen LogP contribution < -0.4 is 10.6 Å². The molecule has 0 atom stereocenters. The fourth-order valence-electron chi connectivity index (χ4n) is 2.22. The van der Waals surface area contributed by atoms with E-state index in [-0.39, 0.29) is 5.82 Å². The van der Waals surface area contributed by atoms with Gasteiger partial charge in [0.05, 0.1) is 23.8 Å². The monoisotopic (exact) mass is 286 g/mol. The van der Waals surface area contributed by atoms with Gasteiger partial charge in [-0.3, -0.25) is 4.68 Å². The topological polar surface area (TPSA) is 72.9 Å². The molecular formula is C14H15FN6. The Balaban J connectivity index is 1.94. The SMILES string of the molecule is CN(Cc1nc(N)c2cnn(C)c2n1)c1ccccc1F. The van der Waals surface area contributed by atoms with E-state index in [2.05, 4.69) is 15.1 Å². The summed E-state index contributed by atoms with van der Waals surface area (Å²) in [6.07, 6.45) is 1.63. The highest BCUT2D eigenvalue weighted by Gasteiger charge is 2.12. The highest BCUT2D eigenvalue weighted by atomic mass is 19.1. The highest BCUT2D eigenvalue weighted by Crippen LogP contribution is 2.20. The molecule has 0 unspecified atom stereocenters. The minimum Gasteiger partial charge on any atom is -0.383 e. The molecule has 0 saturated carbocycles. The van der Waals surface area contributed by atoms with Gasteiger partial charge in [0.15, 0.2) is 11.5 Å². The first-order valence-corrected chi connectivity index (χ1v) is 6.46. The fourth-order valence-corrected chi connectivity index (χ4v) is 2.22. The Bertz CT molecular complexity index is 797. The first-order valence-electron chi connectivity index (χ1n) is 6.46. The lowest BCUT2D eigenvalue weighted by Crippen LogP contribution is -2.20. The van der Waals surface area contributed by atoms with Gasteiger partial charge in [-0.05, 0) is 12.1 Å². The maximum Gasteiger partial charge on any atom is 0.163 e. The second kappa shape index (κ2) is 5.01. The summed E-state index contributed by atoms with van der Waals surface area (Å²) in [6, 6.07) is 6.57. The third kappa shape index (κ3) is 2.37. The number of nitrogens with two attached hydrogens (primary N) is 1. The Hall–Kier alpha value is -2.70. The van der Waals surface area contributed by atoms with Crippen LogP contribution in [0.25, 0.3) is 11.0 Å². The zero-order valence-electron chi connectivity index (χ0n) is 11.8. The van der Waals surface area contributed by atoms with Crippen molar-refractivity contribution in [3.63, 3.8) is 0 Å². The molecule has 1 aromatic carbocycles. The lowest BCUT2D eigenvalue weighted by atomic mass is 10.3. The summed E-state index contributed by atoms with van der Waals surface area (Å²) < 4.78 is 15.4. The number of rotatable bonds is 3. The molecular weight excluding hydrogens is 271 g/mol. The van der Waals surface area contributed by atoms with Crippen molar-refractivity contribution < 1.29 is 4.39 Å². The zero-order chi connectivity index (χ0) is 15.0. The molecule has 3 rings (SSSR count). The normalized spacial score (nSPS) is 11.0. The lowest BCUT2D eigenvalue weighted by molar-refractivity contribution is 0.621. The molecule has 108 valence electrons. The molecule has 3 aromatic rings. The van der Waals surface area contributed by atoms with Crippen molar-refractivity contribution in [3.05, 3.63) is 42.1 Å². The predicted octanol–water partition coefficient (Wildman–Crippen LogP) is 1.72. The summed E-state index contributed by atoms with van der Waals surface area (Å²) in [6.45, 7) is 0.353. The van der Waals surface area contributed by atoms with E-state index in [1.807, 2.05) is 0 Å². The third-order valence-corrected chi connectivity index (χ3v) is 3.31. The molecule has 0 saturated heterocycles. The maximum absolute atomic E-state index is 13.8. The molecule has 0 aliphatic heterocycles. The second-order valence-electron chi connectivity index (χ2n) is 4.84. The number of aryl methyl sites for hydroxylation is 1. The summed E-state index contributed by atoms with van der Waals surface area (Å²) in [4.78, 5) is 10.4. The van der Waals surface area contributed by atoms with Gasteiger partial charge in [-0.15, -0.1) is 0 Å². The zero-order valence-corrected chi connectivity index (χ0v) is 11.8. The first kappa shape index (κ1) is 13.3. The molecule has 2 aromatic heterocycles. The van der Waals surface area contributed by atoms with Crippen molar-refractivity contribution >= 4 is 22.5 Å². The van der Waals surface area contributed by atoms with Gasteiger partial charge in [0, 0.05) is 14.1 Å². The van der Waals surface area contributed by atoms with Crippen LogP contribution in [0.2, 0.25) is 0 Å². The first-order chi connectivity index (χ1) is 10.1. The Morgan fingerprint density at radius 3 is 2.81 bits per heavy atom. The van der Waals surface area contributed by atoms with Crippen LogP contribution in [0.4, 0.5) is 15.9 Å². The van der Waals surface area contributed by atoms with Crippen molar-refractivity contribution in [3.8, 4) is 0 Å². The van der Waals surface area contributed by atoms with Gasteiger partial charge in [-0.1, -0.05) is 12.1 Å². The Labute approximate surface area is 121 Å². The summed E-state index contributed by atoms with van der Waals surface area (Å²) in [7, 11) is 3.57. The van der Waals surface area contributed by atoms with Gasteiger partial charge in [0.25, 0.3) is 0 Å². The van der Waals surface area contributed by atoms with Gasteiger partial charge in [0.1, 0.15) is 11.6 Å². The van der Waals surface area contributed by atoms with Crippen molar-refractivity contribution in [1.29, 1.82) is 0 Å². The van der Waals surface area contributed by atoms with E-state index in [4.69, 9.17) is 5.73 Å². The van der Waals surface area contributed by atoms with Gasteiger partial charge in [0.2, 0.25) is 0 Å². The second-order valence-corrected chi connectivity index (χ2v) is 4.84. The van der Waals surface area contributed by atoms with E-state index in [1.54, 1.807) is 48.1 Å². The van der Waals surface area contributed by atoms with Gasteiger partial charge >= 0.3 is 0 Å². The van der Waals surface area contributed by atoms with Crippen molar-refractivity contribution in [2.45, 2.75) is 6.54 Å². The van der Waals surface area contributed by atoms with E-state index in [0.29, 0.717) is 29.5 Å². The Morgan fingerprint density at radius 1 is 1.29 bits per heavy atom. The fraction of sp³-hybridized carbons (Fsp3) is 0.214. The number of nitrogens with zero attached hydrogens (tertiary/aromatic N) is 5. The number of hydrogen-bond acceptors (Lipinski definition) is 5. The molecule has 0 amide bonds. The number of fused-ring (bicyclic) bond motifs is 1. The Morgan fingerprint density at radius 2 is 2.05 bits per heavy atom. The summed E-state index contributed by atoms with van der Waals surface area (Å²) in [5.41, 5.74) is 7.07. The van der Waals surface area contributed by atoms with E-state index in [0.717, 1.165) is 5.39 Å². The minimum absolute atomic E-state index is 0.283. The number of benzene rings is 1. The van der Waals surface area contributed by atoms with Crippen LogP contribution in [0.1, 0.15) is 5.82 Å². The smallest absolute Gasteiger partial charge is 0.163 e. The third-order valence-electron chi connectivity index (χ3n) is 3.31. The van der Waals surface area contributed by atoms with Crippen LogP contribution in [0, 0.1) is 5.82 Å². The average molecular weight is 286 g/mol. The number of para-hydroxylation sites is 1. The standard InChI is InChI=1S/C14H15FN6/c1-20(11-6-4-3-5-10(11)15)8-12-18-13(16)9-7-17-21(2)14(9)19-12/h3-7H,8H2,1-2H3,(H2,16,18,19). The van der Waals surface area contributed by atoms with E-state index < -0.39 is 0 Å². The van der Waals surface area contributed by atoms with Gasteiger partial charge in [-0.2, -0.15) is 5.10 Å². The molecule has 0 aliphatic rings. The van der Waals surface area contributed by atoms with Gasteiger partial charge < -0.3 is 10.6 Å². The molecule has 7 heteroatoms. The molecule has 0 fully saturated rings. The minimum atomic E-state index is -0.283. The number of halogens is 1. The molecule has 2 heterocycles. The van der Waals surface area contributed by atoms with Crippen LogP contribution in [0.15, 0.2) is 30.5 Å². The number of anilines is 2. The summed E-state index contributed by atoms with van der Waals surface area (Å²) in [5.74, 6) is 0.619. The number of hydrogen-bond donors (Lipinski definition) is 1. The van der Waals surface area contributed by atoms with Crippen molar-refractivity contribution in [2.75, 3.05) is 17.7 Å². The Kier molecular flexibility index (Phi) is 3.17. The summed E-state index contributed by atoms with van der Waals surface area (Å²) in [5, 5.41) is 4.83. The molecule has 0 bridgehead atoms. The lowest BCUT2D eigenvalue weighted by Gasteiger charge is -2.19. The molecule has 0 radical (unpaired) electrons. The van der Waals surface area contributed by atoms with Gasteiger partial charge in [-0.25, -0.2) is 14.4 Å². The highest BCUT2D eigenvalue weighted by molar-refractivity contribution is 5.84. The molecule has 2 N–H and O–H groups in total. The largest absolute Gasteiger partial charge is 0.383 e. The van der Waals surface area contributed by atoms with E-state index >= 15 is 0 Å². The van der Waals surface area contributed by atoms with Crippen LogP contribution in [0.5, 0.6) is 0 Å². The molecule has 0 spiro atoms. The molecule has 6 nitrogen and oxygen atoms in total. The number of aromatic nitrogens is 4. The maximum atomic E-state index is 13.8. The van der Waals surface area contributed by atoms with Crippen LogP contribution in [-0.4, -0.2) is 26.8 Å². The number of nitrogen functional groups attached to an aromatic ring is 1. The molecule has 21 heavy (non-hydrogen) atoms. The van der Waals surface area contributed by atoms with Crippen molar-refractivity contribution in [1.82, 2.24) is 19.7 Å².